The summed E-state index contributed by atoms with van der Waals surface area (Å²) >= 11 is 1.28. The lowest BCUT2D eigenvalue weighted by Crippen LogP contribution is -2.31. The lowest BCUT2D eigenvalue weighted by atomic mass is 10.0. The van der Waals surface area contributed by atoms with Crippen molar-refractivity contribution in [1.82, 2.24) is 29.7 Å². The Bertz CT molecular complexity index is 1690. The minimum absolute atomic E-state index is 0.000202. The summed E-state index contributed by atoms with van der Waals surface area (Å²) in [5, 5.41) is 5.55. The minimum Gasteiger partial charge on any atom is -0.475 e. The van der Waals surface area contributed by atoms with Crippen molar-refractivity contribution in [2.45, 2.75) is 18.1 Å². The number of pyridine rings is 2. The molecule has 0 saturated heterocycles. The van der Waals surface area contributed by atoms with Gasteiger partial charge in [-0.1, -0.05) is 17.8 Å². The predicted molar refractivity (Wildman–Crippen MR) is 139 cm³/mol. The van der Waals surface area contributed by atoms with Crippen LogP contribution in [0.25, 0.3) is 33.1 Å². The molecule has 0 radical (unpaired) electrons. The van der Waals surface area contributed by atoms with E-state index in [4.69, 9.17) is 15.5 Å². The van der Waals surface area contributed by atoms with Crippen LogP contribution in [-0.2, 0) is 7.05 Å². The van der Waals surface area contributed by atoms with E-state index < -0.39 is 11.6 Å². The third-order valence-electron chi connectivity index (χ3n) is 6.62. The molecule has 1 aliphatic rings. The Morgan fingerprint density at radius 2 is 2.00 bits per heavy atom. The second-order valence-corrected chi connectivity index (χ2v) is 9.43. The highest BCUT2D eigenvalue weighted by molar-refractivity contribution is 7.98. The standard InChI is InChI=1S/C25H22F2N8OS/c1-12(14-5-4-8-29-22(14)28)35-9-10-36-24-17-20(32-25(37-3)33-23(17)35)18(27)19(31-24)16-15(26)7-6-13-11-30-34(2)21(13)16/h4-8,11-12H,9-10H2,1-3H3,(H2,28,29). The fourth-order valence-corrected chi connectivity index (χ4v) is 5.17. The van der Waals surface area contributed by atoms with E-state index in [2.05, 4.69) is 20.1 Å². The number of rotatable bonds is 4. The zero-order valence-electron chi connectivity index (χ0n) is 20.2. The maximum atomic E-state index is 16.3. The molecule has 5 aromatic rings. The van der Waals surface area contributed by atoms with Crippen molar-refractivity contribution >= 4 is 45.2 Å². The van der Waals surface area contributed by atoms with E-state index in [1.165, 1.54) is 22.5 Å². The first-order chi connectivity index (χ1) is 17.9. The predicted octanol–water partition coefficient (Wildman–Crippen LogP) is 4.52. The number of thioether (sulfide) groups is 1. The quantitative estimate of drug-likeness (QED) is 0.270. The van der Waals surface area contributed by atoms with Crippen LogP contribution < -0.4 is 15.4 Å². The molecule has 1 aliphatic heterocycles. The molecule has 0 amide bonds. The second kappa shape index (κ2) is 8.80. The number of benzene rings is 1. The molecule has 1 aromatic carbocycles. The summed E-state index contributed by atoms with van der Waals surface area (Å²) in [6.45, 7) is 2.64. The molecule has 4 aromatic heterocycles. The largest absolute Gasteiger partial charge is 0.475 e. The molecule has 9 nitrogen and oxygen atoms in total. The summed E-state index contributed by atoms with van der Waals surface area (Å²) < 4.78 is 39.1. The third-order valence-corrected chi connectivity index (χ3v) is 7.16. The van der Waals surface area contributed by atoms with Crippen LogP contribution in [0.15, 0.2) is 41.8 Å². The van der Waals surface area contributed by atoms with Gasteiger partial charge in [-0.15, -0.1) is 0 Å². The Balaban J connectivity index is 1.64. The zero-order valence-corrected chi connectivity index (χ0v) is 21.1. The average molecular weight is 521 g/mol. The molecule has 1 atom stereocenters. The maximum Gasteiger partial charge on any atom is 0.227 e. The first-order valence-electron chi connectivity index (χ1n) is 11.5. The number of fused-ring (bicyclic) bond motifs is 1. The molecule has 0 saturated carbocycles. The van der Waals surface area contributed by atoms with Gasteiger partial charge in [-0.3, -0.25) is 4.68 Å². The van der Waals surface area contributed by atoms with E-state index in [0.717, 1.165) is 5.56 Å². The Morgan fingerprint density at radius 1 is 1.16 bits per heavy atom. The van der Waals surface area contributed by atoms with Gasteiger partial charge in [-0.25, -0.2) is 28.7 Å². The van der Waals surface area contributed by atoms with Gasteiger partial charge in [-0.2, -0.15) is 5.10 Å². The van der Waals surface area contributed by atoms with E-state index in [1.54, 1.807) is 25.5 Å². The highest BCUT2D eigenvalue weighted by Crippen LogP contribution is 2.43. The Hall–Kier alpha value is -4.06. The number of halogens is 2. The number of hydrogen-bond donors (Lipinski definition) is 1. The number of aromatic nitrogens is 6. The number of nitrogens with zero attached hydrogens (tertiary/aromatic N) is 7. The molecule has 0 bridgehead atoms. The Labute approximate surface area is 214 Å². The third kappa shape index (κ3) is 3.62. The minimum atomic E-state index is -0.760. The van der Waals surface area contributed by atoms with Crippen molar-refractivity contribution in [2.24, 2.45) is 7.05 Å². The summed E-state index contributed by atoms with van der Waals surface area (Å²) in [5.74, 6) is -0.375. The van der Waals surface area contributed by atoms with Gasteiger partial charge in [0.1, 0.15) is 40.7 Å². The molecule has 1 unspecified atom stereocenters. The molecule has 6 rings (SSSR count). The first-order valence-corrected chi connectivity index (χ1v) is 12.8. The van der Waals surface area contributed by atoms with Gasteiger partial charge in [0.15, 0.2) is 11.0 Å². The van der Waals surface area contributed by atoms with E-state index in [9.17, 15) is 0 Å². The fourth-order valence-electron chi connectivity index (χ4n) is 4.81. The van der Waals surface area contributed by atoms with Crippen LogP contribution >= 0.6 is 11.8 Å². The number of aryl methyl sites for hydroxylation is 1. The summed E-state index contributed by atoms with van der Waals surface area (Å²) in [5.41, 5.74) is 7.21. The molecule has 0 fully saturated rings. The van der Waals surface area contributed by atoms with Gasteiger partial charge in [0.2, 0.25) is 5.88 Å². The van der Waals surface area contributed by atoms with Gasteiger partial charge in [0, 0.05) is 24.2 Å². The van der Waals surface area contributed by atoms with Crippen LogP contribution in [0.5, 0.6) is 5.88 Å². The molecule has 12 heteroatoms. The lowest BCUT2D eigenvalue weighted by Gasteiger charge is -2.30. The fraction of sp³-hybridized carbons (Fsp3) is 0.240. The van der Waals surface area contributed by atoms with Crippen LogP contribution in [0.1, 0.15) is 18.5 Å². The highest BCUT2D eigenvalue weighted by Gasteiger charge is 2.31. The van der Waals surface area contributed by atoms with Gasteiger partial charge >= 0.3 is 0 Å². The van der Waals surface area contributed by atoms with E-state index in [-0.39, 0.29) is 35.3 Å². The topological polar surface area (TPSA) is 108 Å². The second-order valence-electron chi connectivity index (χ2n) is 8.66. The van der Waals surface area contributed by atoms with E-state index in [0.29, 0.717) is 39.6 Å². The summed E-state index contributed by atoms with van der Waals surface area (Å²) in [7, 11) is 1.67. The molecule has 188 valence electrons. The molecule has 0 aliphatic carbocycles. The van der Waals surface area contributed by atoms with Crippen LogP contribution in [0.3, 0.4) is 0 Å². The summed E-state index contributed by atoms with van der Waals surface area (Å²) in [6.07, 6.45) is 5.03. The monoisotopic (exact) mass is 520 g/mol. The number of nitrogen functional groups attached to an aromatic ring is 1. The SMILES string of the molecule is CSc1nc2c3c(nc(-c4c(F)ccc5cnn(C)c45)c(F)c3n1)OCCN2C(C)c1cccnc1N. The number of nitrogens with two attached hydrogens (primary N) is 1. The van der Waals surface area contributed by atoms with Crippen LogP contribution in [0.2, 0.25) is 0 Å². The van der Waals surface area contributed by atoms with Gasteiger partial charge < -0.3 is 15.4 Å². The smallest absolute Gasteiger partial charge is 0.227 e. The van der Waals surface area contributed by atoms with Crippen LogP contribution in [0.4, 0.5) is 20.4 Å². The average Bonchev–Trinajstić information content (AvgIpc) is 3.17. The van der Waals surface area contributed by atoms with Crippen molar-refractivity contribution < 1.29 is 13.5 Å². The number of anilines is 2. The zero-order chi connectivity index (χ0) is 25.8. The highest BCUT2D eigenvalue weighted by atomic mass is 32.2. The van der Waals surface area contributed by atoms with Crippen molar-refractivity contribution in [3.05, 3.63) is 53.9 Å². The van der Waals surface area contributed by atoms with E-state index in [1.807, 2.05) is 30.2 Å². The Kier molecular flexibility index (Phi) is 5.55. The molecule has 0 spiro atoms. The van der Waals surface area contributed by atoms with Crippen molar-refractivity contribution in [2.75, 3.05) is 30.0 Å². The van der Waals surface area contributed by atoms with Gasteiger partial charge in [0.05, 0.1) is 29.9 Å². The van der Waals surface area contributed by atoms with Gasteiger partial charge in [-0.05, 0) is 31.4 Å². The molecule has 5 heterocycles. The van der Waals surface area contributed by atoms with E-state index >= 15 is 8.78 Å². The first kappa shape index (κ1) is 23.3. The van der Waals surface area contributed by atoms with Crippen molar-refractivity contribution in [3.8, 4) is 17.1 Å². The molecular formula is C25H22F2N8OS. The van der Waals surface area contributed by atoms with Crippen LogP contribution in [0, 0.1) is 11.6 Å². The summed E-state index contributed by atoms with van der Waals surface area (Å²) in [6, 6.07) is 6.34. The number of ether oxygens (including phenoxy) is 1. The molecular weight excluding hydrogens is 498 g/mol. The van der Waals surface area contributed by atoms with Gasteiger partial charge in [0.25, 0.3) is 0 Å². The lowest BCUT2D eigenvalue weighted by molar-refractivity contribution is 0.316. The van der Waals surface area contributed by atoms with Crippen molar-refractivity contribution in [3.63, 3.8) is 0 Å². The number of hydrogen-bond acceptors (Lipinski definition) is 9. The van der Waals surface area contributed by atoms with Crippen molar-refractivity contribution in [1.29, 1.82) is 0 Å². The molecule has 37 heavy (non-hydrogen) atoms. The normalized spacial score (nSPS) is 14.1. The van der Waals surface area contributed by atoms with Crippen LogP contribution in [-0.4, -0.2) is 49.1 Å². The summed E-state index contributed by atoms with van der Waals surface area (Å²) in [4.78, 5) is 19.9. The Morgan fingerprint density at radius 3 is 2.78 bits per heavy atom. The molecule has 2 N–H and O–H groups in total. The maximum absolute atomic E-state index is 16.3.